The summed E-state index contributed by atoms with van der Waals surface area (Å²) in [6.45, 7) is 3.71. The van der Waals surface area contributed by atoms with E-state index in [2.05, 4.69) is 16.0 Å². The predicted octanol–water partition coefficient (Wildman–Crippen LogP) is 5.62. The lowest BCUT2D eigenvalue weighted by Crippen LogP contribution is -2.30. The van der Waals surface area contributed by atoms with Crippen LogP contribution in [0, 0.1) is 6.92 Å². The highest BCUT2D eigenvalue weighted by Gasteiger charge is 2.17. The number of carbonyl (C=O) groups is 4. The zero-order valence-electron chi connectivity index (χ0n) is 23.1. The minimum atomic E-state index is -0.535. The van der Waals surface area contributed by atoms with Gasteiger partial charge in [-0.2, -0.15) is 0 Å². The van der Waals surface area contributed by atoms with E-state index in [9.17, 15) is 19.2 Å². The van der Waals surface area contributed by atoms with Crippen LogP contribution in [0.5, 0.6) is 0 Å². The molecule has 1 unspecified atom stereocenters. The van der Waals surface area contributed by atoms with Crippen molar-refractivity contribution in [2.24, 2.45) is 5.73 Å². The average molecular weight is 579 g/mol. The summed E-state index contributed by atoms with van der Waals surface area (Å²) in [5.41, 5.74) is 9.00. The Morgan fingerprint density at radius 3 is 1.98 bits per heavy atom. The summed E-state index contributed by atoms with van der Waals surface area (Å²) >= 11 is 1.36. The molecule has 0 fully saturated rings. The Balaban J connectivity index is 1.41. The number of aryl methyl sites for hydroxylation is 1. The Morgan fingerprint density at radius 1 is 0.738 bits per heavy atom. The van der Waals surface area contributed by atoms with Crippen molar-refractivity contribution in [3.63, 3.8) is 0 Å². The Labute approximate surface area is 248 Å². The maximum Gasteiger partial charge on any atom is 0.272 e. The van der Waals surface area contributed by atoms with Crippen LogP contribution in [0.25, 0.3) is 6.08 Å². The van der Waals surface area contributed by atoms with Crippen LogP contribution >= 0.6 is 11.8 Å². The fourth-order valence-electron chi connectivity index (χ4n) is 3.88. The average Bonchev–Trinajstić information content (AvgIpc) is 2.99. The molecule has 0 heterocycles. The second kappa shape index (κ2) is 14.0. The normalized spacial score (nSPS) is 11.7. The second-order valence-corrected chi connectivity index (χ2v) is 10.8. The van der Waals surface area contributed by atoms with E-state index in [1.807, 2.05) is 37.3 Å². The van der Waals surface area contributed by atoms with E-state index >= 15 is 0 Å². The minimum absolute atomic E-state index is 0.103. The fourth-order valence-corrected chi connectivity index (χ4v) is 4.75. The first kappa shape index (κ1) is 29.8. The number of amides is 4. The van der Waals surface area contributed by atoms with Gasteiger partial charge in [0.25, 0.3) is 11.8 Å². The van der Waals surface area contributed by atoms with Crippen molar-refractivity contribution in [1.29, 1.82) is 0 Å². The number of hydrogen-bond acceptors (Lipinski definition) is 5. The topological polar surface area (TPSA) is 130 Å². The van der Waals surface area contributed by atoms with Crippen molar-refractivity contribution in [1.82, 2.24) is 5.32 Å². The van der Waals surface area contributed by atoms with Crippen molar-refractivity contribution in [2.75, 3.05) is 10.6 Å². The summed E-state index contributed by atoms with van der Waals surface area (Å²) in [6.07, 6.45) is 1.65. The quantitative estimate of drug-likeness (QED) is 0.143. The molecule has 4 rings (SSSR count). The molecule has 4 amide bonds. The van der Waals surface area contributed by atoms with Crippen LogP contribution in [0.3, 0.4) is 0 Å². The van der Waals surface area contributed by atoms with Crippen LogP contribution in [-0.2, 0) is 9.59 Å². The highest BCUT2D eigenvalue weighted by Crippen LogP contribution is 2.26. The molecule has 0 aromatic heterocycles. The number of benzene rings is 4. The first-order valence-electron chi connectivity index (χ1n) is 13.1. The largest absolute Gasteiger partial charge is 0.366 e. The van der Waals surface area contributed by atoms with Gasteiger partial charge in [-0.05, 0) is 91.7 Å². The molecular weight excluding hydrogens is 548 g/mol. The zero-order chi connectivity index (χ0) is 30.1. The molecule has 42 heavy (non-hydrogen) atoms. The van der Waals surface area contributed by atoms with Gasteiger partial charge in [0.1, 0.15) is 5.70 Å². The fraction of sp³-hybridized carbons (Fsp3) is 0.0909. The van der Waals surface area contributed by atoms with E-state index in [1.165, 1.54) is 11.8 Å². The summed E-state index contributed by atoms with van der Waals surface area (Å²) in [6, 6.07) is 29.7. The number of thioether (sulfide) groups is 1. The maximum atomic E-state index is 13.3. The van der Waals surface area contributed by atoms with Crippen molar-refractivity contribution >= 4 is 52.8 Å². The van der Waals surface area contributed by atoms with Crippen molar-refractivity contribution in [3.8, 4) is 0 Å². The molecule has 0 aliphatic carbocycles. The van der Waals surface area contributed by atoms with Crippen LogP contribution in [0.15, 0.2) is 114 Å². The van der Waals surface area contributed by atoms with Crippen LogP contribution in [0.1, 0.15) is 38.8 Å². The summed E-state index contributed by atoms with van der Waals surface area (Å²) in [7, 11) is 0. The Hall–Kier alpha value is -5.15. The third kappa shape index (κ3) is 8.18. The van der Waals surface area contributed by atoms with E-state index in [0.717, 1.165) is 16.0 Å². The highest BCUT2D eigenvalue weighted by atomic mass is 32.2. The maximum absolute atomic E-state index is 13.3. The van der Waals surface area contributed by atoms with E-state index in [4.69, 9.17) is 5.73 Å². The molecule has 0 radical (unpaired) electrons. The van der Waals surface area contributed by atoms with Crippen molar-refractivity contribution in [2.45, 2.75) is 24.0 Å². The van der Waals surface area contributed by atoms with E-state index in [1.54, 1.807) is 85.8 Å². The smallest absolute Gasteiger partial charge is 0.272 e. The molecule has 0 aliphatic heterocycles. The molecule has 0 spiro atoms. The summed E-state index contributed by atoms with van der Waals surface area (Å²) in [5.74, 6) is -1.61. The Morgan fingerprint density at radius 2 is 1.33 bits per heavy atom. The molecule has 4 aromatic carbocycles. The lowest BCUT2D eigenvalue weighted by atomic mass is 10.1. The molecule has 0 bridgehead atoms. The third-order valence-electron chi connectivity index (χ3n) is 6.25. The number of nitrogens with two attached hydrogens (primary N) is 1. The molecular formula is C33H30N4O4S. The summed E-state index contributed by atoms with van der Waals surface area (Å²) in [5, 5.41) is 7.99. The van der Waals surface area contributed by atoms with Crippen LogP contribution in [0.2, 0.25) is 0 Å². The highest BCUT2D eigenvalue weighted by molar-refractivity contribution is 8.00. The van der Waals surface area contributed by atoms with Crippen LogP contribution in [-0.4, -0.2) is 28.9 Å². The molecule has 1 atom stereocenters. The molecule has 8 nitrogen and oxygen atoms in total. The molecule has 5 N–H and O–H groups in total. The number of anilines is 2. The van der Waals surface area contributed by atoms with Gasteiger partial charge >= 0.3 is 0 Å². The van der Waals surface area contributed by atoms with E-state index < -0.39 is 23.0 Å². The lowest BCUT2D eigenvalue weighted by Gasteiger charge is -2.14. The first-order valence-corrected chi connectivity index (χ1v) is 14.0. The molecule has 0 saturated carbocycles. The monoisotopic (exact) mass is 578 g/mol. The SMILES string of the molecule is Cc1ccccc1/C=C(\NC(=O)c1ccccc1)C(=O)Nc1ccc(SC(C)C(=O)Nc2ccc(C(N)=O)cc2)cc1. The number of hydrogen-bond donors (Lipinski definition) is 4. The van der Waals surface area contributed by atoms with Gasteiger partial charge in [-0.25, -0.2) is 0 Å². The van der Waals surface area contributed by atoms with Crippen molar-refractivity contribution < 1.29 is 19.2 Å². The molecule has 0 saturated heterocycles. The predicted molar refractivity (Wildman–Crippen MR) is 167 cm³/mol. The number of primary amides is 1. The van der Waals surface area contributed by atoms with Gasteiger partial charge in [0, 0.05) is 27.4 Å². The zero-order valence-corrected chi connectivity index (χ0v) is 23.9. The molecule has 4 aromatic rings. The number of carbonyl (C=O) groups excluding carboxylic acids is 4. The van der Waals surface area contributed by atoms with E-state index in [0.29, 0.717) is 22.5 Å². The van der Waals surface area contributed by atoms with Gasteiger partial charge in [0.05, 0.1) is 5.25 Å². The lowest BCUT2D eigenvalue weighted by molar-refractivity contribution is -0.115. The minimum Gasteiger partial charge on any atom is -0.366 e. The van der Waals surface area contributed by atoms with Gasteiger partial charge in [-0.15, -0.1) is 11.8 Å². The van der Waals surface area contributed by atoms with Gasteiger partial charge < -0.3 is 21.7 Å². The first-order chi connectivity index (χ1) is 20.2. The summed E-state index contributed by atoms with van der Waals surface area (Å²) in [4.78, 5) is 50.9. The molecule has 0 aliphatic rings. The van der Waals surface area contributed by atoms with E-state index in [-0.39, 0.29) is 11.6 Å². The summed E-state index contributed by atoms with van der Waals surface area (Å²) < 4.78 is 0. The molecule has 9 heteroatoms. The van der Waals surface area contributed by atoms with Crippen LogP contribution in [0.4, 0.5) is 11.4 Å². The third-order valence-corrected chi connectivity index (χ3v) is 7.36. The number of rotatable bonds is 10. The second-order valence-electron chi connectivity index (χ2n) is 9.40. The van der Waals surface area contributed by atoms with Gasteiger partial charge in [0.2, 0.25) is 11.8 Å². The number of nitrogens with one attached hydrogen (secondary N) is 3. The Bertz CT molecular complexity index is 1620. The standard InChI is InChI=1S/C33H30N4O4S/c1-21-8-6-7-11-25(21)20-29(37-32(40)24-9-4-3-5-10-24)33(41)36-27-16-18-28(19-17-27)42-22(2)31(39)35-26-14-12-23(13-15-26)30(34)38/h3-20,22H,1-2H3,(H2,34,38)(H,35,39)(H,36,41)(H,37,40)/b29-20-. The van der Waals surface area contributed by atoms with Gasteiger partial charge in [0.15, 0.2) is 0 Å². The van der Waals surface area contributed by atoms with Gasteiger partial charge in [-0.3, -0.25) is 19.2 Å². The van der Waals surface area contributed by atoms with Crippen molar-refractivity contribution in [3.05, 3.63) is 131 Å². The molecule has 212 valence electrons. The Kier molecular flexibility index (Phi) is 9.91. The van der Waals surface area contributed by atoms with Gasteiger partial charge in [-0.1, -0.05) is 42.5 Å². The van der Waals surface area contributed by atoms with Crippen LogP contribution < -0.4 is 21.7 Å².